The second-order valence-electron chi connectivity index (χ2n) is 13.6. The molecule has 3 heteroatoms. The highest BCUT2D eigenvalue weighted by molar-refractivity contribution is 5.73. The van der Waals surface area contributed by atoms with Gasteiger partial charge in [0.25, 0.3) is 0 Å². The molecule has 3 aliphatic carbocycles. The summed E-state index contributed by atoms with van der Waals surface area (Å²) in [6.07, 6.45) is 13.8. The molecule has 34 heavy (non-hydrogen) atoms. The van der Waals surface area contributed by atoms with Crippen LogP contribution in [0.5, 0.6) is 0 Å². The van der Waals surface area contributed by atoms with Crippen LogP contribution >= 0.6 is 0 Å². The Hall–Kier alpha value is -1.35. The number of carbonyl (C=O) groups excluding carboxylic acids is 1. The van der Waals surface area contributed by atoms with E-state index in [1.165, 1.54) is 23.1 Å². The van der Waals surface area contributed by atoms with E-state index in [1.807, 2.05) is 0 Å². The van der Waals surface area contributed by atoms with Crippen LogP contribution in [0.1, 0.15) is 100 Å². The van der Waals surface area contributed by atoms with Gasteiger partial charge in [0.15, 0.2) is 0 Å². The monoisotopic (exact) mass is 468 g/mol. The third kappa shape index (κ3) is 3.76. The molecule has 3 nitrogen and oxygen atoms in total. The van der Waals surface area contributed by atoms with E-state index in [0.29, 0.717) is 30.8 Å². The average Bonchev–Trinajstić information content (AvgIpc) is 3.15. The summed E-state index contributed by atoms with van der Waals surface area (Å²) < 4.78 is 5.81. The van der Waals surface area contributed by atoms with E-state index in [4.69, 9.17) is 4.74 Å². The molecule has 0 aromatic heterocycles. The first-order chi connectivity index (χ1) is 15.8. The molecule has 4 rings (SSSR count). The van der Waals surface area contributed by atoms with Gasteiger partial charge in [0.05, 0.1) is 19.1 Å². The molecule has 1 aliphatic heterocycles. The van der Waals surface area contributed by atoms with Crippen molar-refractivity contribution in [2.75, 3.05) is 6.61 Å². The quantitative estimate of drug-likeness (QED) is 0.346. The van der Waals surface area contributed by atoms with Gasteiger partial charge in [0.1, 0.15) is 0 Å². The summed E-state index contributed by atoms with van der Waals surface area (Å²) in [6, 6.07) is 0. The number of esters is 1. The van der Waals surface area contributed by atoms with Gasteiger partial charge in [-0.1, -0.05) is 57.1 Å². The Morgan fingerprint density at radius 1 is 0.912 bits per heavy atom. The van der Waals surface area contributed by atoms with Crippen molar-refractivity contribution in [3.05, 3.63) is 34.9 Å². The van der Waals surface area contributed by atoms with E-state index in [-0.39, 0.29) is 33.7 Å². The van der Waals surface area contributed by atoms with E-state index in [2.05, 4.69) is 73.6 Å². The zero-order chi connectivity index (χ0) is 25.1. The van der Waals surface area contributed by atoms with Gasteiger partial charge in [-0.25, -0.2) is 0 Å². The molecule has 1 heterocycles. The third-order valence-corrected chi connectivity index (χ3v) is 11.3. The van der Waals surface area contributed by atoms with Gasteiger partial charge >= 0.3 is 5.97 Å². The smallest absolute Gasteiger partial charge is 0.306 e. The molecule has 1 spiro atoms. The van der Waals surface area contributed by atoms with Gasteiger partial charge in [-0.2, -0.15) is 0 Å². The number of hydrogen-bond acceptors (Lipinski definition) is 3. The minimum absolute atomic E-state index is 0.0126. The first-order valence-corrected chi connectivity index (χ1v) is 13.6. The van der Waals surface area contributed by atoms with Crippen LogP contribution in [0.3, 0.4) is 0 Å². The zero-order valence-electron chi connectivity index (χ0n) is 23.0. The standard InChI is InChI=1S/C31H48O3/c1-20(2)9-10-21(3)22(4)17-23-11-12-25-29(7)15-14-26(32)28(5,6)24(29)13-16-30(25,8)31(23)18-27(33)34-19-31/h9-10,17,23-26,32H,11-16,18-19H2,1-8H3/b21-10+,22-17+/t23?,24?,25?,26-,29-,30+,31+/m0/s1. The van der Waals surface area contributed by atoms with Crippen LogP contribution in [-0.4, -0.2) is 23.8 Å². The Morgan fingerprint density at radius 3 is 2.24 bits per heavy atom. The van der Waals surface area contributed by atoms with Gasteiger partial charge in [-0.05, 0) is 106 Å². The number of fused-ring (bicyclic) bond motifs is 4. The van der Waals surface area contributed by atoms with Crippen LogP contribution in [0.2, 0.25) is 0 Å². The van der Waals surface area contributed by atoms with Crippen LogP contribution in [0, 0.1) is 39.4 Å². The number of rotatable bonds is 3. The summed E-state index contributed by atoms with van der Waals surface area (Å²) >= 11 is 0. The van der Waals surface area contributed by atoms with Crippen molar-refractivity contribution in [1.82, 2.24) is 0 Å². The molecule has 1 saturated heterocycles. The predicted molar refractivity (Wildman–Crippen MR) is 139 cm³/mol. The normalized spacial score (nSPS) is 44.3. The Bertz CT molecular complexity index is 919. The molecule has 4 aliphatic rings. The molecular formula is C31H48O3. The number of allylic oxidation sites excluding steroid dienone is 6. The lowest BCUT2D eigenvalue weighted by Gasteiger charge is -2.69. The number of hydrogen-bond donors (Lipinski definition) is 1. The number of aliphatic hydroxyl groups is 1. The molecule has 3 saturated carbocycles. The summed E-state index contributed by atoms with van der Waals surface area (Å²) in [5.41, 5.74) is 4.02. The molecular weight excluding hydrogens is 420 g/mol. The van der Waals surface area contributed by atoms with Gasteiger partial charge in [0.2, 0.25) is 0 Å². The van der Waals surface area contributed by atoms with Crippen molar-refractivity contribution >= 4 is 5.97 Å². The molecule has 7 atom stereocenters. The van der Waals surface area contributed by atoms with Crippen LogP contribution in [0.4, 0.5) is 0 Å². The number of aliphatic hydroxyl groups excluding tert-OH is 1. The summed E-state index contributed by atoms with van der Waals surface area (Å²) in [6.45, 7) is 18.9. The van der Waals surface area contributed by atoms with E-state index in [0.717, 1.165) is 32.1 Å². The topological polar surface area (TPSA) is 46.5 Å². The molecule has 0 amide bonds. The number of ether oxygens (including phenoxy) is 1. The van der Waals surface area contributed by atoms with Gasteiger partial charge in [-0.3, -0.25) is 4.79 Å². The van der Waals surface area contributed by atoms with E-state index < -0.39 is 0 Å². The first-order valence-electron chi connectivity index (χ1n) is 13.6. The maximum Gasteiger partial charge on any atom is 0.306 e. The van der Waals surface area contributed by atoms with Crippen molar-refractivity contribution in [2.24, 2.45) is 39.4 Å². The van der Waals surface area contributed by atoms with Crippen molar-refractivity contribution in [3.63, 3.8) is 0 Å². The van der Waals surface area contributed by atoms with E-state index >= 15 is 0 Å². The average molecular weight is 469 g/mol. The highest BCUT2D eigenvalue weighted by Gasteiger charge is 2.69. The summed E-state index contributed by atoms with van der Waals surface area (Å²) in [7, 11) is 0. The lowest BCUT2D eigenvalue weighted by atomic mass is 9.35. The molecule has 0 aromatic carbocycles. The molecule has 0 radical (unpaired) electrons. The fourth-order valence-electron chi connectivity index (χ4n) is 9.10. The van der Waals surface area contributed by atoms with Gasteiger partial charge < -0.3 is 9.84 Å². The first kappa shape index (κ1) is 25.7. The van der Waals surface area contributed by atoms with Crippen molar-refractivity contribution in [3.8, 4) is 0 Å². The summed E-state index contributed by atoms with van der Waals surface area (Å²) in [4.78, 5) is 12.7. The molecule has 0 bridgehead atoms. The summed E-state index contributed by atoms with van der Waals surface area (Å²) in [5, 5.41) is 10.9. The van der Waals surface area contributed by atoms with E-state index in [1.54, 1.807) is 0 Å². The van der Waals surface area contributed by atoms with Gasteiger partial charge in [-0.15, -0.1) is 0 Å². The van der Waals surface area contributed by atoms with Crippen molar-refractivity contribution in [1.29, 1.82) is 0 Å². The lowest BCUT2D eigenvalue weighted by molar-refractivity contribution is -0.222. The second-order valence-corrected chi connectivity index (χ2v) is 13.6. The minimum atomic E-state index is -0.210. The van der Waals surface area contributed by atoms with E-state index in [9.17, 15) is 9.90 Å². The second kappa shape index (κ2) is 8.64. The minimum Gasteiger partial charge on any atom is -0.465 e. The largest absolute Gasteiger partial charge is 0.465 e. The molecule has 0 aromatic rings. The van der Waals surface area contributed by atoms with Crippen molar-refractivity contribution in [2.45, 2.75) is 106 Å². The third-order valence-electron chi connectivity index (χ3n) is 11.3. The van der Waals surface area contributed by atoms with Crippen LogP contribution in [0.25, 0.3) is 0 Å². The maximum atomic E-state index is 12.7. The molecule has 1 N–H and O–H groups in total. The fourth-order valence-corrected chi connectivity index (χ4v) is 9.10. The molecule has 190 valence electrons. The Labute approximate surface area is 208 Å². The SMILES string of the molecule is CC(C)=C/C=C(C)/C(C)=C/C1CCC2[C@@]3(C)CC[C@H](O)C(C)(C)C3CC[C@@]2(C)[C@]12COC(=O)C2. The number of carbonyl (C=O) groups is 1. The Kier molecular flexibility index (Phi) is 6.54. The van der Waals surface area contributed by atoms with Crippen molar-refractivity contribution < 1.29 is 14.6 Å². The lowest BCUT2D eigenvalue weighted by Crippen LogP contribution is -2.65. The Morgan fingerprint density at radius 2 is 1.62 bits per heavy atom. The number of cyclic esters (lactones) is 1. The fraction of sp³-hybridized carbons (Fsp3) is 0.774. The highest BCUT2D eigenvalue weighted by Crippen LogP contribution is 2.73. The van der Waals surface area contributed by atoms with Crippen LogP contribution in [-0.2, 0) is 9.53 Å². The predicted octanol–water partition coefficient (Wildman–Crippen LogP) is 7.41. The summed E-state index contributed by atoms with van der Waals surface area (Å²) in [5.74, 6) is 1.44. The molecule has 4 fully saturated rings. The van der Waals surface area contributed by atoms with Crippen LogP contribution < -0.4 is 0 Å². The maximum absolute atomic E-state index is 12.7. The molecule has 3 unspecified atom stereocenters. The Balaban J connectivity index is 1.74. The van der Waals surface area contributed by atoms with Crippen LogP contribution in [0.15, 0.2) is 34.9 Å². The van der Waals surface area contributed by atoms with Gasteiger partial charge in [0, 0.05) is 5.41 Å². The zero-order valence-corrected chi connectivity index (χ0v) is 23.0. The highest BCUT2D eigenvalue weighted by atomic mass is 16.5.